The molecule has 7 unspecified atom stereocenters. The average Bonchev–Trinajstić information content (AvgIpc) is 2.87. The number of hydrogen-bond acceptors (Lipinski definition) is 1. The van der Waals surface area contributed by atoms with Crippen molar-refractivity contribution in [1.29, 1.82) is 0 Å². The lowest BCUT2D eigenvalue weighted by atomic mass is 9.74. The number of hydrogen-bond donors (Lipinski definition) is 1. The Morgan fingerprint density at radius 2 is 1.74 bits per heavy atom. The van der Waals surface area contributed by atoms with Gasteiger partial charge in [-0.3, -0.25) is 0 Å². The Balaban J connectivity index is 1.44. The van der Waals surface area contributed by atoms with Crippen LogP contribution < -0.4 is 5.32 Å². The molecule has 7 atom stereocenters. The summed E-state index contributed by atoms with van der Waals surface area (Å²) in [6.45, 7) is 2.40. The fourth-order valence-corrected chi connectivity index (χ4v) is 6.64. The minimum absolute atomic E-state index is 0.868. The Kier molecular flexibility index (Phi) is 3.17. The van der Waals surface area contributed by atoms with E-state index in [0.717, 1.165) is 47.5 Å². The van der Waals surface area contributed by atoms with E-state index in [-0.39, 0.29) is 0 Å². The van der Waals surface area contributed by atoms with Crippen molar-refractivity contribution in [1.82, 2.24) is 5.32 Å². The summed E-state index contributed by atoms with van der Waals surface area (Å²) in [6.07, 6.45) is 12.2. The maximum absolute atomic E-state index is 3.78. The molecule has 0 saturated heterocycles. The van der Waals surface area contributed by atoms with Crippen LogP contribution in [0, 0.1) is 41.4 Å². The van der Waals surface area contributed by atoms with Gasteiger partial charge in [0.2, 0.25) is 0 Å². The first-order valence-electron chi connectivity index (χ1n) is 9.00. The average molecular weight is 261 g/mol. The summed E-state index contributed by atoms with van der Waals surface area (Å²) in [4.78, 5) is 0. The topological polar surface area (TPSA) is 12.0 Å². The molecule has 0 aromatic rings. The van der Waals surface area contributed by atoms with Crippen molar-refractivity contribution in [3.8, 4) is 0 Å². The van der Waals surface area contributed by atoms with Crippen LogP contribution in [0.25, 0.3) is 0 Å². The summed E-state index contributed by atoms with van der Waals surface area (Å²) in [7, 11) is 2.25. The third kappa shape index (κ3) is 1.91. The van der Waals surface area contributed by atoms with Gasteiger partial charge < -0.3 is 5.32 Å². The first-order chi connectivity index (χ1) is 9.33. The molecule has 1 heteroatoms. The molecule has 0 radical (unpaired) electrons. The molecule has 0 heterocycles. The van der Waals surface area contributed by atoms with Crippen LogP contribution in [0.15, 0.2) is 0 Å². The maximum Gasteiger partial charge on any atom is 0.0126 e. The zero-order valence-electron chi connectivity index (χ0n) is 12.8. The number of nitrogens with one attached hydrogen (secondary N) is 1. The van der Waals surface area contributed by atoms with E-state index in [1.807, 2.05) is 0 Å². The summed E-state index contributed by atoms with van der Waals surface area (Å²) in [5.74, 6) is 7.69. The first-order valence-corrected chi connectivity index (χ1v) is 9.00. The molecule has 4 aliphatic carbocycles. The van der Waals surface area contributed by atoms with E-state index in [1.54, 1.807) is 19.3 Å². The van der Waals surface area contributed by atoms with Crippen LogP contribution in [0.4, 0.5) is 0 Å². The van der Waals surface area contributed by atoms with Crippen molar-refractivity contribution in [3.05, 3.63) is 0 Å². The second kappa shape index (κ2) is 4.76. The molecule has 2 bridgehead atoms. The Morgan fingerprint density at radius 1 is 1.00 bits per heavy atom. The van der Waals surface area contributed by atoms with Gasteiger partial charge in [0.05, 0.1) is 0 Å². The molecule has 108 valence electrons. The largest absolute Gasteiger partial charge is 0.316 e. The minimum atomic E-state index is 0.868. The summed E-state index contributed by atoms with van der Waals surface area (Å²) in [5.41, 5.74) is 0. The van der Waals surface area contributed by atoms with Gasteiger partial charge in [0.15, 0.2) is 0 Å². The molecule has 0 aliphatic heterocycles. The quantitative estimate of drug-likeness (QED) is 0.804. The van der Waals surface area contributed by atoms with Crippen LogP contribution in [0.3, 0.4) is 0 Å². The molecule has 4 saturated carbocycles. The molecular formula is C18H31N. The molecule has 0 amide bonds. The molecule has 1 N–H and O–H groups in total. The SMILES string of the molecule is CCC1CCCC(C(NC)C2C3C4CCC(C4)C32)C1. The van der Waals surface area contributed by atoms with Gasteiger partial charge in [-0.15, -0.1) is 0 Å². The standard InChI is InChI=1S/C18H31N/c1-3-11-5-4-6-14(9-11)18(19-2)17-15-12-7-8-13(10-12)16(15)17/h11-19H,3-10H2,1-2H3. The van der Waals surface area contributed by atoms with E-state index in [9.17, 15) is 0 Å². The zero-order chi connectivity index (χ0) is 13.0. The number of fused-ring (bicyclic) bond motifs is 5. The molecule has 1 nitrogen and oxygen atoms in total. The monoisotopic (exact) mass is 261 g/mol. The van der Waals surface area contributed by atoms with Crippen molar-refractivity contribution < 1.29 is 0 Å². The molecule has 19 heavy (non-hydrogen) atoms. The predicted octanol–water partition coefficient (Wildman–Crippen LogP) is 4.08. The van der Waals surface area contributed by atoms with Crippen LogP contribution in [0.5, 0.6) is 0 Å². The summed E-state index contributed by atoms with van der Waals surface area (Å²) in [6, 6.07) is 0.868. The van der Waals surface area contributed by atoms with Crippen LogP contribution in [0.1, 0.15) is 58.3 Å². The fraction of sp³-hybridized carbons (Fsp3) is 1.00. The molecule has 4 aliphatic rings. The van der Waals surface area contributed by atoms with Crippen LogP contribution >= 0.6 is 0 Å². The van der Waals surface area contributed by atoms with Crippen molar-refractivity contribution in [2.24, 2.45) is 41.4 Å². The van der Waals surface area contributed by atoms with Crippen LogP contribution in [0.2, 0.25) is 0 Å². The van der Waals surface area contributed by atoms with Gasteiger partial charge in [-0.25, -0.2) is 0 Å². The molecular weight excluding hydrogens is 230 g/mol. The molecule has 0 aromatic heterocycles. The Bertz CT molecular complexity index is 323. The van der Waals surface area contributed by atoms with E-state index in [4.69, 9.17) is 0 Å². The highest BCUT2D eigenvalue weighted by Crippen LogP contribution is 2.71. The van der Waals surface area contributed by atoms with Gasteiger partial charge in [-0.1, -0.05) is 26.2 Å². The molecule has 0 aromatic carbocycles. The predicted molar refractivity (Wildman–Crippen MR) is 79.9 cm³/mol. The van der Waals surface area contributed by atoms with Crippen molar-refractivity contribution >= 4 is 0 Å². The maximum atomic E-state index is 3.78. The Labute approximate surface area is 118 Å². The highest BCUT2D eigenvalue weighted by atomic mass is 14.9. The summed E-state index contributed by atoms with van der Waals surface area (Å²) in [5, 5.41) is 3.78. The normalized spacial score (nSPS) is 53.1. The van der Waals surface area contributed by atoms with E-state index >= 15 is 0 Å². The Hall–Kier alpha value is -0.0400. The molecule has 0 spiro atoms. The smallest absolute Gasteiger partial charge is 0.0126 e. The number of rotatable bonds is 4. The van der Waals surface area contributed by atoms with Crippen LogP contribution in [-0.2, 0) is 0 Å². The van der Waals surface area contributed by atoms with Crippen molar-refractivity contribution in [2.75, 3.05) is 7.05 Å². The summed E-state index contributed by atoms with van der Waals surface area (Å²) < 4.78 is 0. The Morgan fingerprint density at radius 3 is 2.37 bits per heavy atom. The van der Waals surface area contributed by atoms with Gasteiger partial charge in [0, 0.05) is 6.04 Å². The third-order valence-electron chi connectivity index (χ3n) is 7.45. The van der Waals surface area contributed by atoms with Gasteiger partial charge in [-0.05, 0) is 80.6 Å². The minimum Gasteiger partial charge on any atom is -0.316 e. The lowest BCUT2D eigenvalue weighted by Gasteiger charge is -2.35. The van der Waals surface area contributed by atoms with Gasteiger partial charge in [0.1, 0.15) is 0 Å². The van der Waals surface area contributed by atoms with Gasteiger partial charge in [0.25, 0.3) is 0 Å². The second-order valence-electron chi connectivity index (χ2n) is 8.08. The lowest BCUT2D eigenvalue weighted by molar-refractivity contribution is 0.185. The van der Waals surface area contributed by atoms with Crippen molar-refractivity contribution in [2.45, 2.75) is 64.3 Å². The van der Waals surface area contributed by atoms with E-state index in [1.165, 1.54) is 32.1 Å². The van der Waals surface area contributed by atoms with Crippen LogP contribution in [-0.4, -0.2) is 13.1 Å². The summed E-state index contributed by atoms with van der Waals surface area (Å²) >= 11 is 0. The fourth-order valence-electron chi connectivity index (χ4n) is 6.64. The third-order valence-corrected chi connectivity index (χ3v) is 7.45. The van der Waals surface area contributed by atoms with E-state index < -0.39 is 0 Å². The highest BCUT2D eigenvalue weighted by Gasteiger charge is 2.67. The molecule has 4 fully saturated rings. The second-order valence-corrected chi connectivity index (χ2v) is 8.08. The van der Waals surface area contributed by atoms with Gasteiger partial charge in [-0.2, -0.15) is 0 Å². The van der Waals surface area contributed by atoms with E-state index in [0.29, 0.717) is 0 Å². The lowest BCUT2D eigenvalue weighted by Crippen LogP contribution is -2.40. The van der Waals surface area contributed by atoms with Gasteiger partial charge >= 0.3 is 0 Å². The highest BCUT2D eigenvalue weighted by molar-refractivity contribution is 5.16. The zero-order valence-corrected chi connectivity index (χ0v) is 12.8. The first kappa shape index (κ1) is 12.7. The van der Waals surface area contributed by atoms with E-state index in [2.05, 4.69) is 19.3 Å². The van der Waals surface area contributed by atoms with Crippen molar-refractivity contribution in [3.63, 3.8) is 0 Å². The molecule has 4 rings (SSSR count).